The molecule has 0 saturated heterocycles. The molecule has 0 aromatic heterocycles. The van der Waals surface area contributed by atoms with Crippen molar-refractivity contribution in [3.8, 4) is 0 Å². The molecule has 7 N–H and O–H groups in total. The lowest BCUT2D eigenvalue weighted by Crippen LogP contribution is -2.50. The van der Waals surface area contributed by atoms with Crippen LogP contribution in [0.25, 0.3) is 0 Å². The maximum absolute atomic E-state index is 12.9. The van der Waals surface area contributed by atoms with E-state index in [4.69, 9.17) is 5.11 Å². The summed E-state index contributed by atoms with van der Waals surface area (Å²) in [5.74, 6) is -5.07. The zero-order valence-corrected chi connectivity index (χ0v) is 28.3. The summed E-state index contributed by atoms with van der Waals surface area (Å²) in [5.41, 5.74) is -0.731. The number of hydrogen-bond donors (Lipinski definition) is 7. The zero-order chi connectivity index (χ0) is 35.5. The van der Waals surface area contributed by atoms with Gasteiger partial charge in [0, 0.05) is 43.2 Å². The molecule has 0 heterocycles. The van der Waals surface area contributed by atoms with E-state index < -0.39 is 47.2 Å². The first-order valence-electron chi connectivity index (χ1n) is 16.1. The Morgan fingerprint density at radius 1 is 0.543 bits per heavy atom. The van der Waals surface area contributed by atoms with Crippen LogP contribution in [-0.2, 0) is 33.6 Å². The van der Waals surface area contributed by atoms with Crippen molar-refractivity contribution in [1.29, 1.82) is 0 Å². The van der Waals surface area contributed by atoms with Crippen molar-refractivity contribution in [1.82, 2.24) is 21.3 Å². The first-order valence-corrected chi connectivity index (χ1v) is 16.1. The van der Waals surface area contributed by atoms with Crippen LogP contribution in [0.3, 0.4) is 0 Å². The standard InChI is InChI=1S/C32H56N4O10/c1-31(2,3)28(42)21(36-32(4,5)6)13-11-12-20-33-24(37)18-16-22(29(43)44)35-26(39)19-17-23(30(45)46)34-25(38)14-9-7-8-10-15-27(40)41/h21-23,36H,7-20H2,1-6H3,(H,33,37)(H,34,38)(H,35,39)(H,40,41)(H,43,44)(H,45,46)/t21-,22-,23-/m0/s1. The number of carbonyl (C=O) groups excluding carboxylic acids is 4. The van der Waals surface area contributed by atoms with E-state index in [1.54, 1.807) is 0 Å². The molecular weight excluding hydrogens is 600 g/mol. The Hall–Kier alpha value is -3.55. The SMILES string of the molecule is CC(C)(C)N[C@@H](CCCCNC(=O)CC[C@H](NC(=O)CC[C@H](NC(=O)CCCCCCC(=O)O)C(=O)O)C(=O)O)C(=O)C(C)(C)C. The summed E-state index contributed by atoms with van der Waals surface area (Å²) in [6, 6.07) is -3.01. The van der Waals surface area contributed by atoms with E-state index in [-0.39, 0.29) is 61.8 Å². The van der Waals surface area contributed by atoms with Crippen LogP contribution in [0.4, 0.5) is 0 Å². The fourth-order valence-electron chi connectivity index (χ4n) is 4.62. The van der Waals surface area contributed by atoms with Gasteiger partial charge in [-0.25, -0.2) is 9.59 Å². The number of unbranched alkanes of at least 4 members (excludes halogenated alkanes) is 4. The largest absolute Gasteiger partial charge is 0.481 e. The summed E-state index contributed by atoms with van der Waals surface area (Å²) in [4.78, 5) is 83.4. The van der Waals surface area contributed by atoms with Gasteiger partial charge in [-0.05, 0) is 65.7 Å². The number of carboxylic acid groups (broad SMARTS) is 3. The van der Waals surface area contributed by atoms with Crippen molar-refractivity contribution in [3.63, 3.8) is 0 Å². The fraction of sp³-hybridized carbons (Fsp3) is 0.781. The second-order valence-corrected chi connectivity index (χ2v) is 13.7. The maximum Gasteiger partial charge on any atom is 0.326 e. The molecule has 0 rings (SSSR count). The van der Waals surface area contributed by atoms with Gasteiger partial charge in [0.2, 0.25) is 17.7 Å². The number of Topliss-reactive ketones (excluding diaryl/α,β-unsaturated/α-hetero) is 1. The molecule has 0 bridgehead atoms. The fourth-order valence-corrected chi connectivity index (χ4v) is 4.62. The molecule has 3 amide bonds. The van der Waals surface area contributed by atoms with Crippen LogP contribution >= 0.6 is 0 Å². The van der Waals surface area contributed by atoms with Crippen LogP contribution in [0.2, 0.25) is 0 Å². The molecule has 0 aliphatic heterocycles. The van der Waals surface area contributed by atoms with Crippen LogP contribution in [0, 0.1) is 5.41 Å². The summed E-state index contributed by atoms with van der Waals surface area (Å²) in [6.07, 6.45) is 3.28. The van der Waals surface area contributed by atoms with Gasteiger partial charge in [0.25, 0.3) is 0 Å². The highest BCUT2D eigenvalue weighted by atomic mass is 16.4. The summed E-state index contributed by atoms with van der Waals surface area (Å²) in [7, 11) is 0. The minimum atomic E-state index is -1.36. The van der Waals surface area contributed by atoms with Gasteiger partial charge in [0.05, 0.1) is 6.04 Å². The third kappa shape index (κ3) is 21.2. The highest BCUT2D eigenvalue weighted by Crippen LogP contribution is 2.21. The van der Waals surface area contributed by atoms with Gasteiger partial charge in [-0.1, -0.05) is 33.6 Å². The molecule has 0 aliphatic carbocycles. The van der Waals surface area contributed by atoms with Gasteiger partial charge in [-0.2, -0.15) is 0 Å². The Labute approximate surface area is 272 Å². The minimum Gasteiger partial charge on any atom is -0.481 e. The minimum absolute atomic E-state index is 0.0466. The summed E-state index contributed by atoms with van der Waals surface area (Å²) in [5, 5.41) is 38.3. The molecule has 0 unspecified atom stereocenters. The monoisotopic (exact) mass is 656 g/mol. The number of nitrogens with one attached hydrogen (secondary N) is 4. The second-order valence-electron chi connectivity index (χ2n) is 13.7. The van der Waals surface area contributed by atoms with Crippen LogP contribution in [0.5, 0.6) is 0 Å². The van der Waals surface area contributed by atoms with Crippen molar-refractivity contribution >= 4 is 41.4 Å². The predicted octanol–water partition coefficient (Wildman–Crippen LogP) is 2.77. The van der Waals surface area contributed by atoms with Gasteiger partial charge >= 0.3 is 17.9 Å². The smallest absolute Gasteiger partial charge is 0.326 e. The number of carboxylic acids is 3. The summed E-state index contributed by atoms with van der Waals surface area (Å²) in [6.45, 7) is 12.0. The third-order valence-electron chi connectivity index (χ3n) is 7.04. The molecule has 0 aromatic carbocycles. The van der Waals surface area contributed by atoms with Crippen LogP contribution < -0.4 is 21.3 Å². The number of rotatable bonds is 24. The molecule has 0 radical (unpaired) electrons. The van der Waals surface area contributed by atoms with Crippen molar-refractivity contribution in [2.24, 2.45) is 5.41 Å². The Bertz CT molecular complexity index is 1030. The molecule has 0 aromatic rings. The van der Waals surface area contributed by atoms with E-state index in [1.165, 1.54) is 0 Å². The Morgan fingerprint density at radius 3 is 1.48 bits per heavy atom. The van der Waals surface area contributed by atoms with Crippen molar-refractivity contribution in [2.75, 3.05) is 6.54 Å². The molecule has 3 atom stereocenters. The van der Waals surface area contributed by atoms with E-state index in [1.807, 2.05) is 41.5 Å². The van der Waals surface area contributed by atoms with E-state index in [0.29, 0.717) is 51.5 Å². The molecule has 0 saturated carbocycles. The molecule has 0 aliphatic rings. The molecule has 0 spiro atoms. The van der Waals surface area contributed by atoms with Gasteiger partial charge in [-0.15, -0.1) is 0 Å². The lowest BCUT2D eigenvalue weighted by Gasteiger charge is -2.31. The molecule has 14 heteroatoms. The Morgan fingerprint density at radius 2 is 1.02 bits per heavy atom. The average molecular weight is 657 g/mol. The number of carbonyl (C=O) groups is 7. The Balaban J connectivity index is 4.57. The van der Waals surface area contributed by atoms with Gasteiger partial charge in [0.1, 0.15) is 12.1 Å². The number of hydrogen-bond acceptors (Lipinski definition) is 8. The van der Waals surface area contributed by atoms with E-state index in [9.17, 15) is 43.8 Å². The third-order valence-corrected chi connectivity index (χ3v) is 7.04. The van der Waals surface area contributed by atoms with Crippen molar-refractivity contribution in [2.45, 2.75) is 149 Å². The van der Waals surface area contributed by atoms with Crippen LogP contribution in [-0.4, -0.2) is 86.9 Å². The first kappa shape index (κ1) is 42.5. The van der Waals surface area contributed by atoms with E-state index in [0.717, 1.165) is 0 Å². The average Bonchev–Trinajstić information content (AvgIpc) is 2.92. The number of amides is 3. The topological polar surface area (TPSA) is 228 Å². The molecule has 46 heavy (non-hydrogen) atoms. The highest BCUT2D eigenvalue weighted by molar-refractivity contribution is 5.89. The summed E-state index contributed by atoms with van der Waals surface area (Å²) >= 11 is 0. The second kappa shape index (κ2) is 21.3. The zero-order valence-electron chi connectivity index (χ0n) is 28.3. The van der Waals surface area contributed by atoms with Gasteiger partial charge in [-0.3, -0.25) is 24.0 Å². The predicted molar refractivity (Wildman–Crippen MR) is 171 cm³/mol. The summed E-state index contributed by atoms with van der Waals surface area (Å²) < 4.78 is 0. The molecule has 14 nitrogen and oxygen atoms in total. The lowest BCUT2D eigenvalue weighted by molar-refractivity contribution is -0.143. The normalized spacial score (nSPS) is 13.6. The lowest BCUT2D eigenvalue weighted by atomic mass is 9.84. The van der Waals surface area contributed by atoms with Crippen molar-refractivity contribution < 1.29 is 48.9 Å². The van der Waals surface area contributed by atoms with Crippen LogP contribution in [0.15, 0.2) is 0 Å². The Kier molecular flexibility index (Phi) is 19.6. The number of aliphatic carboxylic acids is 3. The maximum atomic E-state index is 12.9. The van der Waals surface area contributed by atoms with E-state index in [2.05, 4.69) is 21.3 Å². The number of ketones is 1. The molecule has 264 valence electrons. The van der Waals surface area contributed by atoms with Crippen molar-refractivity contribution in [3.05, 3.63) is 0 Å². The molecule has 0 fully saturated rings. The first-order chi connectivity index (χ1) is 21.2. The van der Waals surface area contributed by atoms with Gasteiger partial charge in [0.15, 0.2) is 5.78 Å². The quantitative estimate of drug-likeness (QED) is 0.0747. The van der Waals surface area contributed by atoms with E-state index >= 15 is 0 Å². The van der Waals surface area contributed by atoms with Gasteiger partial charge < -0.3 is 36.6 Å². The molecular formula is C32H56N4O10. The van der Waals surface area contributed by atoms with Crippen LogP contribution in [0.1, 0.15) is 125 Å². The highest BCUT2D eigenvalue weighted by Gasteiger charge is 2.31.